The smallest absolute Gasteiger partial charge is 0.228 e. The lowest BCUT2D eigenvalue weighted by Crippen LogP contribution is -2.32. The van der Waals surface area contributed by atoms with Gasteiger partial charge in [0.2, 0.25) is 5.91 Å². The van der Waals surface area contributed by atoms with E-state index in [4.69, 9.17) is 4.74 Å². The first-order valence-electron chi connectivity index (χ1n) is 6.17. The molecule has 3 nitrogen and oxygen atoms in total. The third-order valence-electron chi connectivity index (χ3n) is 3.26. The highest BCUT2D eigenvalue weighted by atomic mass is 79.9. The predicted molar refractivity (Wildman–Crippen MR) is 74.1 cm³/mol. The Hall–Kier alpha value is -0.870. The van der Waals surface area contributed by atoms with E-state index < -0.39 is 0 Å². The second kappa shape index (κ2) is 5.85. The Morgan fingerprint density at radius 2 is 2.11 bits per heavy atom. The summed E-state index contributed by atoms with van der Waals surface area (Å²) in [6.45, 7) is 3.23. The highest BCUT2D eigenvalue weighted by molar-refractivity contribution is 9.10. The van der Waals surface area contributed by atoms with Gasteiger partial charge in [0, 0.05) is 18.1 Å². The largest absolute Gasteiger partial charge is 0.378 e. The molecule has 1 saturated heterocycles. The van der Waals surface area contributed by atoms with E-state index in [-0.39, 0.29) is 17.9 Å². The molecular weight excluding hydrogens is 294 g/mol. The van der Waals surface area contributed by atoms with E-state index in [0.29, 0.717) is 13.2 Å². The number of halogens is 1. The first-order valence-corrected chi connectivity index (χ1v) is 6.96. The molecule has 0 aliphatic carbocycles. The molecule has 0 radical (unpaired) electrons. The molecule has 0 saturated carbocycles. The van der Waals surface area contributed by atoms with Crippen molar-refractivity contribution >= 4 is 21.8 Å². The summed E-state index contributed by atoms with van der Waals surface area (Å²) in [5.74, 6) is 0.211. The van der Waals surface area contributed by atoms with Crippen LogP contribution in [0.25, 0.3) is 0 Å². The van der Waals surface area contributed by atoms with Crippen molar-refractivity contribution in [3.05, 3.63) is 34.3 Å². The third-order valence-corrected chi connectivity index (χ3v) is 3.79. The first kappa shape index (κ1) is 13.6. The minimum absolute atomic E-state index is 0.0282. The van der Waals surface area contributed by atoms with Crippen LogP contribution in [-0.2, 0) is 16.1 Å². The Bertz CT molecular complexity index is 418. The van der Waals surface area contributed by atoms with Crippen LogP contribution in [0.1, 0.15) is 18.9 Å². The second-order valence-corrected chi connectivity index (χ2v) is 5.81. The van der Waals surface area contributed by atoms with Gasteiger partial charge in [-0.3, -0.25) is 4.79 Å². The van der Waals surface area contributed by atoms with Crippen LogP contribution in [0.2, 0.25) is 0 Å². The van der Waals surface area contributed by atoms with Gasteiger partial charge in [-0.2, -0.15) is 0 Å². The topological polar surface area (TPSA) is 29.5 Å². The van der Waals surface area contributed by atoms with Crippen molar-refractivity contribution in [3.63, 3.8) is 0 Å². The molecule has 0 aromatic heterocycles. The minimum Gasteiger partial charge on any atom is -0.378 e. The first-order chi connectivity index (χ1) is 8.56. The molecule has 0 spiro atoms. The molecule has 2 atom stereocenters. The average molecular weight is 312 g/mol. The van der Waals surface area contributed by atoms with Gasteiger partial charge >= 0.3 is 0 Å². The lowest BCUT2D eigenvalue weighted by Gasteiger charge is -2.20. The molecule has 0 bridgehead atoms. The summed E-state index contributed by atoms with van der Waals surface area (Å²) < 4.78 is 6.50. The molecule has 1 amide bonds. The van der Waals surface area contributed by atoms with Crippen LogP contribution in [0.5, 0.6) is 0 Å². The number of nitrogens with zero attached hydrogens (tertiary/aromatic N) is 1. The zero-order valence-electron chi connectivity index (χ0n) is 10.7. The van der Waals surface area contributed by atoms with Crippen LogP contribution in [0.3, 0.4) is 0 Å². The van der Waals surface area contributed by atoms with Crippen LogP contribution in [-0.4, -0.2) is 30.6 Å². The van der Waals surface area contributed by atoms with Gasteiger partial charge in [0.05, 0.1) is 18.6 Å². The Morgan fingerprint density at radius 3 is 2.67 bits per heavy atom. The Balaban J connectivity index is 1.93. The molecule has 1 fully saturated rings. The number of carbonyl (C=O) groups is 1. The summed E-state index contributed by atoms with van der Waals surface area (Å²) in [5.41, 5.74) is 1.14. The quantitative estimate of drug-likeness (QED) is 0.859. The van der Waals surface area contributed by atoms with Crippen LogP contribution in [0.4, 0.5) is 0 Å². The molecule has 1 aliphatic heterocycles. The van der Waals surface area contributed by atoms with E-state index in [1.54, 1.807) is 4.90 Å². The zero-order valence-corrected chi connectivity index (χ0v) is 12.3. The number of hydrogen-bond donors (Lipinski definition) is 0. The number of benzene rings is 1. The molecule has 18 heavy (non-hydrogen) atoms. The Morgan fingerprint density at radius 1 is 1.44 bits per heavy atom. The summed E-state index contributed by atoms with van der Waals surface area (Å²) in [6, 6.07) is 8.05. The van der Waals surface area contributed by atoms with E-state index in [1.807, 2.05) is 38.2 Å². The van der Waals surface area contributed by atoms with E-state index >= 15 is 0 Å². The van der Waals surface area contributed by atoms with Gasteiger partial charge in [-0.05, 0) is 31.0 Å². The Kier molecular flexibility index (Phi) is 4.40. The van der Waals surface area contributed by atoms with Crippen molar-refractivity contribution in [1.82, 2.24) is 4.90 Å². The predicted octanol–water partition coefficient (Wildman–Crippen LogP) is 2.83. The maximum Gasteiger partial charge on any atom is 0.228 e. The van der Waals surface area contributed by atoms with Gasteiger partial charge in [0.25, 0.3) is 0 Å². The van der Waals surface area contributed by atoms with Gasteiger partial charge in [0.1, 0.15) is 0 Å². The van der Waals surface area contributed by atoms with Crippen LogP contribution >= 0.6 is 15.9 Å². The molecule has 1 aromatic carbocycles. The zero-order chi connectivity index (χ0) is 13.1. The van der Waals surface area contributed by atoms with Crippen molar-refractivity contribution < 1.29 is 9.53 Å². The van der Waals surface area contributed by atoms with E-state index in [1.165, 1.54) is 0 Å². The summed E-state index contributed by atoms with van der Waals surface area (Å²) in [6.07, 6.45) is 1.05. The maximum atomic E-state index is 12.2. The normalized spacial score (nSPS) is 23.1. The van der Waals surface area contributed by atoms with Gasteiger partial charge in [0.15, 0.2) is 0 Å². The molecule has 1 aromatic rings. The lowest BCUT2D eigenvalue weighted by atomic mass is 10.0. The standard InChI is InChI=1S/C14H18BrNO2/c1-10-7-12(9-18-10)14(17)16(2)8-11-3-5-13(15)6-4-11/h3-6,10,12H,7-9H2,1-2H3. The summed E-state index contributed by atoms with van der Waals surface area (Å²) in [5, 5.41) is 0. The van der Waals surface area contributed by atoms with E-state index in [0.717, 1.165) is 16.5 Å². The average Bonchev–Trinajstić information content (AvgIpc) is 2.78. The lowest BCUT2D eigenvalue weighted by molar-refractivity contribution is -0.134. The fraction of sp³-hybridized carbons (Fsp3) is 0.500. The summed E-state index contributed by atoms with van der Waals surface area (Å²) in [7, 11) is 1.85. The van der Waals surface area contributed by atoms with Crippen LogP contribution in [0, 0.1) is 5.92 Å². The molecule has 2 rings (SSSR count). The second-order valence-electron chi connectivity index (χ2n) is 4.90. The number of amides is 1. The SMILES string of the molecule is CC1CC(C(=O)N(C)Cc2ccc(Br)cc2)CO1. The molecule has 4 heteroatoms. The highest BCUT2D eigenvalue weighted by Crippen LogP contribution is 2.21. The van der Waals surface area contributed by atoms with Crippen molar-refractivity contribution in [1.29, 1.82) is 0 Å². The van der Waals surface area contributed by atoms with Crippen molar-refractivity contribution in [2.45, 2.75) is 26.0 Å². The fourth-order valence-corrected chi connectivity index (χ4v) is 2.51. The van der Waals surface area contributed by atoms with Crippen LogP contribution < -0.4 is 0 Å². The summed E-state index contributed by atoms with van der Waals surface area (Å²) >= 11 is 3.40. The molecule has 98 valence electrons. The van der Waals surface area contributed by atoms with E-state index in [9.17, 15) is 4.79 Å². The number of rotatable bonds is 3. The van der Waals surface area contributed by atoms with Crippen molar-refractivity contribution in [2.24, 2.45) is 5.92 Å². The number of ether oxygens (including phenoxy) is 1. The van der Waals surface area contributed by atoms with Gasteiger partial charge < -0.3 is 9.64 Å². The molecular formula is C14H18BrNO2. The van der Waals surface area contributed by atoms with Gasteiger partial charge in [-0.1, -0.05) is 28.1 Å². The monoisotopic (exact) mass is 311 g/mol. The molecule has 1 heterocycles. The molecule has 1 aliphatic rings. The van der Waals surface area contributed by atoms with Crippen LogP contribution in [0.15, 0.2) is 28.7 Å². The van der Waals surface area contributed by atoms with E-state index in [2.05, 4.69) is 15.9 Å². The Labute approximate surface area is 116 Å². The van der Waals surface area contributed by atoms with Crippen molar-refractivity contribution in [2.75, 3.05) is 13.7 Å². The number of hydrogen-bond acceptors (Lipinski definition) is 2. The minimum atomic E-state index is 0.0282. The highest BCUT2D eigenvalue weighted by Gasteiger charge is 2.30. The third kappa shape index (κ3) is 3.33. The number of carbonyl (C=O) groups excluding carboxylic acids is 1. The fourth-order valence-electron chi connectivity index (χ4n) is 2.24. The summed E-state index contributed by atoms with van der Waals surface area (Å²) in [4.78, 5) is 14.0. The molecule has 2 unspecified atom stereocenters. The van der Waals surface area contributed by atoms with Crippen molar-refractivity contribution in [3.8, 4) is 0 Å². The van der Waals surface area contributed by atoms with Gasteiger partial charge in [-0.15, -0.1) is 0 Å². The van der Waals surface area contributed by atoms with Gasteiger partial charge in [-0.25, -0.2) is 0 Å². The maximum absolute atomic E-state index is 12.2. The molecule has 0 N–H and O–H groups in total.